The van der Waals surface area contributed by atoms with Crippen LogP contribution in [0.5, 0.6) is 0 Å². The molecule has 0 aliphatic carbocycles. The third kappa shape index (κ3) is 48.3. The van der Waals surface area contributed by atoms with E-state index < -0.39 is 86.8 Å². The number of hydrogen-bond donors (Lipinski definition) is 9. The van der Waals surface area contributed by atoms with Crippen LogP contribution in [0.4, 0.5) is 0 Å². The van der Waals surface area contributed by atoms with Crippen LogP contribution in [0, 0.1) is 0 Å². The Hall–Kier alpha value is -2.57. The summed E-state index contributed by atoms with van der Waals surface area (Å²) in [5.41, 5.74) is 0. The predicted octanol–water partition coefficient (Wildman–Crippen LogP) is 18.1. The molecular formula is C82H149NO13. The van der Waals surface area contributed by atoms with Gasteiger partial charge in [0.15, 0.2) is 12.6 Å². The highest BCUT2D eigenvalue weighted by molar-refractivity contribution is 5.76. The quantitative estimate of drug-likeness (QED) is 0.0204. The topological polar surface area (TPSA) is 228 Å². The van der Waals surface area contributed by atoms with Crippen molar-refractivity contribution < 1.29 is 64.6 Å². The first-order valence-corrected chi connectivity index (χ1v) is 40.2. The number of hydrogen-bond acceptors (Lipinski definition) is 13. The molecule has 14 heteroatoms. The van der Waals surface area contributed by atoms with Crippen LogP contribution >= 0.6 is 0 Å². The van der Waals surface area contributed by atoms with Gasteiger partial charge in [0.05, 0.1) is 32.0 Å². The summed E-state index contributed by atoms with van der Waals surface area (Å²) in [6.45, 7) is 2.72. The Morgan fingerprint density at radius 1 is 0.385 bits per heavy atom. The molecule has 2 rings (SSSR count). The van der Waals surface area contributed by atoms with Gasteiger partial charge >= 0.3 is 0 Å². The van der Waals surface area contributed by atoms with Gasteiger partial charge in [0.2, 0.25) is 5.91 Å². The van der Waals surface area contributed by atoms with Gasteiger partial charge in [0.1, 0.15) is 48.8 Å². The van der Waals surface area contributed by atoms with E-state index in [2.05, 4.69) is 79.9 Å². The maximum absolute atomic E-state index is 13.4. The predicted molar refractivity (Wildman–Crippen MR) is 397 cm³/mol. The number of ether oxygens (including phenoxy) is 4. The molecule has 14 nitrogen and oxygen atoms in total. The van der Waals surface area contributed by atoms with E-state index in [1.807, 2.05) is 6.08 Å². The Morgan fingerprint density at radius 3 is 1.15 bits per heavy atom. The molecule has 0 saturated carbocycles. The minimum absolute atomic E-state index is 0.243. The molecular weight excluding hydrogens is 1210 g/mol. The minimum atomic E-state index is -1.79. The number of unbranched alkanes of at least 4 members (excludes halogenated alkanes) is 44. The molecule has 0 bridgehead atoms. The molecule has 2 heterocycles. The minimum Gasteiger partial charge on any atom is -0.394 e. The SMILES string of the molecule is CC/C=C\C/C=C\C/C=C\C/C=C\CCCCCCCCCCCCCCCCCCCCCCCCCCCCC(=O)NC(COC1OC(CO)C(OC2OC(CO)C(O)C(O)C2O)C(O)C1O)C(O)/C=C/CC/C=C/CCCCCCCCCCCCCCCCCCC. The van der Waals surface area contributed by atoms with E-state index in [9.17, 15) is 45.6 Å². The fourth-order valence-electron chi connectivity index (χ4n) is 13.1. The number of aliphatic hydroxyl groups excluding tert-OH is 8. The Balaban J connectivity index is 1.58. The molecule has 9 N–H and O–H groups in total. The first-order valence-electron chi connectivity index (χ1n) is 40.2. The van der Waals surface area contributed by atoms with Crippen molar-refractivity contribution in [1.29, 1.82) is 0 Å². The van der Waals surface area contributed by atoms with Crippen LogP contribution in [0.25, 0.3) is 0 Å². The Kier molecular flexibility index (Phi) is 61.3. The van der Waals surface area contributed by atoms with Crippen molar-refractivity contribution in [3.63, 3.8) is 0 Å². The van der Waals surface area contributed by atoms with Gasteiger partial charge in [0, 0.05) is 6.42 Å². The summed E-state index contributed by atoms with van der Waals surface area (Å²) in [6.07, 6.45) is 74.3. The van der Waals surface area contributed by atoms with E-state index in [1.165, 1.54) is 257 Å². The molecule has 2 aliphatic rings. The summed E-state index contributed by atoms with van der Waals surface area (Å²) in [4.78, 5) is 13.4. The summed E-state index contributed by atoms with van der Waals surface area (Å²) in [5, 5.41) is 87.6. The second kappa shape index (κ2) is 65.7. The fourth-order valence-corrected chi connectivity index (χ4v) is 13.1. The van der Waals surface area contributed by atoms with Crippen molar-refractivity contribution in [3.8, 4) is 0 Å². The van der Waals surface area contributed by atoms with Crippen LogP contribution in [0.3, 0.4) is 0 Å². The molecule has 0 aromatic rings. The van der Waals surface area contributed by atoms with Crippen molar-refractivity contribution >= 4 is 5.91 Å². The molecule has 2 fully saturated rings. The lowest BCUT2D eigenvalue weighted by Crippen LogP contribution is -2.65. The molecule has 0 spiro atoms. The maximum Gasteiger partial charge on any atom is 0.220 e. The lowest BCUT2D eigenvalue weighted by Gasteiger charge is -2.46. The van der Waals surface area contributed by atoms with Gasteiger partial charge in [-0.1, -0.05) is 344 Å². The second-order valence-corrected chi connectivity index (χ2v) is 28.2. The zero-order valence-electron chi connectivity index (χ0n) is 61.4. The van der Waals surface area contributed by atoms with Gasteiger partial charge in [0.25, 0.3) is 0 Å². The van der Waals surface area contributed by atoms with Crippen LogP contribution in [0.1, 0.15) is 348 Å². The molecule has 1 amide bonds. The van der Waals surface area contributed by atoms with Crippen molar-refractivity contribution in [2.75, 3.05) is 19.8 Å². The smallest absolute Gasteiger partial charge is 0.220 e. The van der Waals surface area contributed by atoms with Crippen LogP contribution in [-0.2, 0) is 23.7 Å². The Morgan fingerprint density at radius 2 is 0.729 bits per heavy atom. The Bertz CT molecular complexity index is 1890. The maximum atomic E-state index is 13.4. The van der Waals surface area contributed by atoms with E-state index in [1.54, 1.807) is 6.08 Å². The largest absolute Gasteiger partial charge is 0.394 e. The Labute approximate surface area is 587 Å². The molecule has 2 saturated heterocycles. The fraction of sp³-hybridized carbons (Fsp3) is 0.841. The number of carbonyl (C=O) groups excluding carboxylic acids is 1. The van der Waals surface area contributed by atoms with Gasteiger partial charge in [-0.05, 0) is 70.6 Å². The van der Waals surface area contributed by atoms with E-state index in [-0.39, 0.29) is 18.9 Å². The van der Waals surface area contributed by atoms with E-state index >= 15 is 0 Å². The van der Waals surface area contributed by atoms with Gasteiger partial charge in [-0.3, -0.25) is 4.79 Å². The normalized spacial score (nSPS) is 22.6. The molecule has 0 radical (unpaired) electrons. The standard InChI is InChI=1S/C82H149NO13/c1-3-5-7-9-11-13-15-17-19-21-23-25-27-28-29-30-31-32-33-34-35-36-37-38-39-40-41-42-44-46-48-50-52-54-56-58-60-62-64-66-74(87)83-70(69-93-81-79(92)77(90)80(73(68-85)95-81)96-82-78(91)76(89)75(88)72(67-84)94-82)71(86)65-63-61-59-57-55-53-51-49-47-45-43-26-24-22-20-18-16-14-12-10-8-6-4-2/h5,7,11,13,17,19,23,25,55,57,63,65,70-73,75-82,84-86,88-92H,3-4,6,8-10,12,14-16,18,20-22,24,26-54,56,58-62,64,66-69H2,1-2H3,(H,83,87)/b7-5-,13-11-,19-17-,25-23-,57-55+,65-63+. The lowest BCUT2D eigenvalue weighted by atomic mass is 9.97. The van der Waals surface area contributed by atoms with Crippen LogP contribution in [0.2, 0.25) is 0 Å². The highest BCUT2D eigenvalue weighted by Gasteiger charge is 2.51. The average Bonchev–Trinajstić information content (AvgIpc) is 0.806. The molecule has 0 aromatic carbocycles. The van der Waals surface area contributed by atoms with Gasteiger partial charge in [-0.15, -0.1) is 0 Å². The number of nitrogens with one attached hydrogen (secondary N) is 1. The zero-order valence-corrected chi connectivity index (χ0v) is 61.4. The van der Waals surface area contributed by atoms with Crippen molar-refractivity contribution in [3.05, 3.63) is 72.9 Å². The number of carbonyl (C=O) groups is 1. The van der Waals surface area contributed by atoms with Crippen molar-refractivity contribution in [1.82, 2.24) is 5.32 Å². The van der Waals surface area contributed by atoms with Crippen LogP contribution < -0.4 is 5.32 Å². The molecule has 12 atom stereocenters. The third-order valence-corrected chi connectivity index (χ3v) is 19.4. The van der Waals surface area contributed by atoms with Crippen molar-refractivity contribution in [2.24, 2.45) is 0 Å². The van der Waals surface area contributed by atoms with Gasteiger partial charge < -0.3 is 65.1 Å². The molecule has 2 aliphatic heterocycles. The lowest BCUT2D eigenvalue weighted by molar-refractivity contribution is -0.359. The third-order valence-electron chi connectivity index (χ3n) is 19.4. The summed E-state index contributed by atoms with van der Waals surface area (Å²) in [7, 11) is 0. The number of aliphatic hydroxyl groups is 8. The summed E-state index contributed by atoms with van der Waals surface area (Å²) < 4.78 is 22.9. The molecule has 96 heavy (non-hydrogen) atoms. The monoisotopic (exact) mass is 1360 g/mol. The van der Waals surface area contributed by atoms with E-state index in [0.717, 1.165) is 57.8 Å². The average molecular weight is 1360 g/mol. The second-order valence-electron chi connectivity index (χ2n) is 28.2. The number of amides is 1. The van der Waals surface area contributed by atoms with Gasteiger partial charge in [-0.25, -0.2) is 0 Å². The summed E-state index contributed by atoms with van der Waals surface area (Å²) >= 11 is 0. The molecule has 0 aromatic heterocycles. The van der Waals surface area contributed by atoms with Crippen LogP contribution in [-0.4, -0.2) is 140 Å². The zero-order chi connectivity index (χ0) is 69.4. The summed E-state index contributed by atoms with van der Waals surface area (Å²) in [6, 6.07) is -0.933. The first-order chi connectivity index (χ1) is 47.1. The number of rotatable bonds is 67. The van der Waals surface area contributed by atoms with E-state index in [4.69, 9.17) is 18.9 Å². The number of allylic oxidation sites excluding steroid dienone is 11. The van der Waals surface area contributed by atoms with E-state index in [0.29, 0.717) is 12.8 Å². The first kappa shape index (κ1) is 89.5. The van der Waals surface area contributed by atoms with Crippen LogP contribution in [0.15, 0.2) is 72.9 Å². The van der Waals surface area contributed by atoms with Gasteiger partial charge in [-0.2, -0.15) is 0 Å². The molecule has 560 valence electrons. The highest BCUT2D eigenvalue weighted by Crippen LogP contribution is 2.30. The molecule has 12 unspecified atom stereocenters. The highest BCUT2D eigenvalue weighted by atomic mass is 16.7. The van der Waals surface area contributed by atoms with Crippen molar-refractivity contribution in [2.45, 2.75) is 421 Å². The summed E-state index contributed by atoms with van der Waals surface area (Å²) in [5.74, 6) is -0.243.